The molecular weight excluding hydrogens is 439 g/mol. The maximum absolute atomic E-state index is 12.1. The smallest absolute Gasteiger partial charge is 0.0894 e. The molecule has 0 aromatic heterocycles. The van der Waals surface area contributed by atoms with E-state index in [2.05, 4.69) is 31.2 Å². The number of hydrogen-bond acceptors (Lipinski definition) is 0. The molecule has 1 aromatic rings. The minimum absolute atomic E-state index is 0.136. The van der Waals surface area contributed by atoms with Crippen LogP contribution in [0.2, 0.25) is 0 Å². The van der Waals surface area contributed by atoms with E-state index in [4.69, 9.17) is 0 Å². The van der Waals surface area contributed by atoms with Crippen LogP contribution in [0.4, 0.5) is 4.39 Å². The molecule has 1 rings (SSSR count). The summed E-state index contributed by atoms with van der Waals surface area (Å²) in [6.45, 7) is 2.16. The van der Waals surface area contributed by atoms with Crippen molar-refractivity contribution in [3.63, 3.8) is 0 Å². The normalized spacial score (nSPS) is 11.4. The summed E-state index contributed by atoms with van der Waals surface area (Å²) in [5.41, 5.74) is 3.22. The summed E-state index contributed by atoms with van der Waals surface area (Å²) in [7, 11) is 0. The first-order chi connectivity index (χ1) is 17.9. The van der Waals surface area contributed by atoms with Crippen molar-refractivity contribution in [2.24, 2.45) is 0 Å². The average molecular weight is 503 g/mol. The molecule has 0 aliphatic carbocycles. The van der Waals surface area contributed by atoms with Crippen molar-refractivity contribution in [2.75, 3.05) is 6.67 Å². The zero-order valence-corrected chi connectivity index (χ0v) is 24.5. The van der Waals surface area contributed by atoms with Gasteiger partial charge in [-0.25, -0.2) is 0 Å². The van der Waals surface area contributed by atoms with Gasteiger partial charge in [0, 0.05) is 0 Å². The van der Waals surface area contributed by atoms with E-state index in [0.717, 1.165) is 12.8 Å². The fraction of sp³-hybridized carbons (Fsp3) is 0.829. The lowest BCUT2D eigenvalue weighted by Crippen LogP contribution is -1.95. The quantitative estimate of drug-likeness (QED) is 0.0999. The predicted octanol–water partition coefficient (Wildman–Crippen LogP) is 12.5. The highest BCUT2D eigenvalue weighted by atomic mass is 19.1. The van der Waals surface area contributed by atoms with Gasteiger partial charge in [0.25, 0.3) is 0 Å². The molecule has 1 aromatic carbocycles. The van der Waals surface area contributed by atoms with Crippen LogP contribution in [0.15, 0.2) is 24.3 Å². The van der Waals surface area contributed by atoms with Crippen molar-refractivity contribution in [1.82, 2.24) is 0 Å². The highest BCUT2D eigenvalue weighted by molar-refractivity contribution is 5.27. The van der Waals surface area contributed by atoms with Gasteiger partial charge in [-0.1, -0.05) is 172 Å². The second-order valence-electron chi connectivity index (χ2n) is 11.4. The van der Waals surface area contributed by atoms with Crippen LogP contribution in [0, 0.1) is 0 Å². The predicted molar refractivity (Wildman–Crippen MR) is 161 cm³/mol. The molecule has 0 amide bonds. The van der Waals surface area contributed by atoms with Gasteiger partial charge in [-0.2, -0.15) is 0 Å². The average Bonchev–Trinajstić information content (AvgIpc) is 2.90. The summed E-state index contributed by atoms with van der Waals surface area (Å²) >= 11 is 0. The Morgan fingerprint density at radius 3 is 0.972 bits per heavy atom. The zero-order valence-electron chi connectivity index (χ0n) is 24.5. The molecule has 0 heterocycles. The Morgan fingerprint density at radius 1 is 0.389 bits per heavy atom. The van der Waals surface area contributed by atoms with Crippen molar-refractivity contribution in [1.29, 1.82) is 0 Å². The van der Waals surface area contributed by atoms with E-state index in [-0.39, 0.29) is 6.67 Å². The Bertz CT molecular complexity index is 551. The van der Waals surface area contributed by atoms with E-state index in [1.807, 2.05) is 0 Å². The molecule has 36 heavy (non-hydrogen) atoms. The number of halogens is 1. The lowest BCUT2D eigenvalue weighted by atomic mass is 9.96. The first kappa shape index (κ1) is 33.2. The van der Waals surface area contributed by atoms with Crippen LogP contribution in [0.3, 0.4) is 0 Å². The highest BCUT2D eigenvalue weighted by Crippen LogP contribution is 2.18. The van der Waals surface area contributed by atoms with E-state index in [9.17, 15) is 4.39 Å². The molecule has 0 spiro atoms. The molecule has 0 nitrogen and oxygen atoms in total. The summed E-state index contributed by atoms with van der Waals surface area (Å²) < 4.78 is 12.1. The molecule has 0 fully saturated rings. The van der Waals surface area contributed by atoms with Crippen molar-refractivity contribution in [3.05, 3.63) is 35.4 Å². The van der Waals surface area contributed by atoms with Crippen molar-refractivity contribution in [2.45, 2.75) is 180 Å². The maximum atomic E-state index is 12.1. The Hall–Kier alpha value is -0.850. The molecule has 210 valence electrons. The van der Waals surface area contributed by atoms with Gasteiger partial charge in [-0.3, -0.25) is 4.39 Å². The number of alkyl halides is 1. The summed E-state index contributed by atoms with van der Waals surface area (Å²) in [5.74, 6) is 0. The van der Waals surface area contributed by atoms with Crippen LogP contribution >= 0.6 is 0 Å². The van der Waals surface area contributed by atoms with Gasteiger partial charge in [-0.05, 0) is 43.2 Å². The van der Waals surface area contributed by atoms with Crippen molar-refractivity contribution in [3.8, 4) is 0 Å². The van der Waals surface area contributed by atoms with E-state index < -0.39 is 0 Å². The summed E-state index contributed by atoms with van der Waals surface area (Å²) in [6, 6.07) is 9.21. The van der Waals surface area contributed by atoms with Crippen LogP contribution in [-0.4, -0.2) is 6.67 Å². The largest absolute Gasteiger partial charge is 0.251 e. The van der Waals surface area contributed by atoms with Crippen LogP contribution in [0.1, 0.15) is 179 Å². The van der Waals surface area contributed by atoms with Crippen LogP contribution in [0.25, 0.3) is 0 Å². The topological polar surface area (TPSA) is 0 Å². The van der Waals surface area contributed by atoms with Gasteiger partial charge in [-0.15, -0.1) is 0 Å². The number of hydrogen-bond donors (Lipinski definition) is 0. The number of rotatable bonds is 28. The third kappa shape index (κ3) is 21.3. The van der Waals surface area contributed by atoms with Gasteiger partial charge in [0.1, 0.15) is 0 Å². The molecule has 0 saturated carbocycles. The Kier molecular flexibility index (Phi) is 25.1. The Labute approximate surface area is 226 Å². The molecule has 0 aliphatic heterocycles. The third-order valence-corrected chi connectivity index (χ3v) is 8.00. The lowest BCUT2D eigenvalue weighted by Gasteiger charge is -2.10. The first-order valence-corrected chi connectivity index (χ1v) is 16.5. The maximum Gasteiger partial charge on any atom is 0.0894 e. The second kappa shape index (κ2) is 27.2. The minimum Gasteiger partial charge on any atom is -0.251 e. The van der Waals surface area contributed by atoms with E-state index in [0.29, 0.717) is 0 Å². The van der Waals surface area contributed by atoms with Crippen LogP contribution in [-0.2, 0) is 12.8 Å². The van der Waals surface area contributed by atoms with Gasteiger partial charge in [0.05, 0.1) is 6.67 Å². The van der Waals surface area contributed by atoms with E-state index in [1.165, 1.54) is 161 Å². The number of aryl methyl sites for hydroxylation is 2. The molecule has 0 N–H and O–H groups in total. The number of benzene rings is 1. The highest BCUT2D eigenvalue weighted by Gasteiger charge is 2.03. The SMILES string of the molecule is CCCCCCCCCCCCCCCCCc1ccccc1CCCCCCCCCCCCF. The van der Waals surface area contributed by atoms with Gasteiger partial charge < -0.3 is 0 Å². The second-order valence-corrected chi connectivity index (χ2v) is 11.4. The summed E-state index contributed by atoms with van der Waals surface area (Å²) in [6.07, 6.45) is 36.7. The summed E-state index contributed by atoms with van der Waals surface area (Å²) in [5, 5.41) is 0. The van der Waals surface area contributed by atoms with Gasteiger partial charge in [0.2, 0.25) is 0 Å². The molecule has 0 aliphatic rings. The first-order valence-electron chi connectivity index (χ1n) is 16.5. The van der Waals surface area contributed by atoms with Crippen LogP contribution < -0.4 is 0 Å². The fourth-order valence-corrected chi connectivity index (χ4v) is 5.56. The van der Waals surface area contributed by atoms with Gasteiger partial charge >= 0.3 is 0 Å². The molecule has 0 radical (unpaired) electrons. The molecule has 1 heteroatoms. The van der Waals surface area contributed by atoms with Crippen molar-refractivity contribution >= 4 is 0 Å². The molecule has 0 bridgehead atoms. The minimum atomic E-state index is -0.136. The van der Waals surface area contributed by atoms with Crippen LogP contribution in [0.5, 0.6) is 0 Å². The molecule has 0 unspecified atom stereocenters. The third-order valence-electron chi connectivity index (χ3n) is 8.00. The Morgan fingerprint density at radius 2 is 0.667 bits per heavy atom. The monoisotopic (exact) mass is 502 g/mol. The molecule has 0 atom stereocenters. The Balaban J connectivity index is 1.93. The molecule has 0 saturated heterocycles. The zero-order chi connectivity index (χ0) is 25.8. The van der Waals surface area contributed by atoms with Gasteiger partial charge in [0.15, 0.2) is 0 Å². The number of unbranched alkanes of at least 4 members (excludes halogenated alkanes) is 23. The van der Waals surface area contributed by atoms with Crippen molar-refractivity contribution < 1.29 is 4.39 Å². The standard InChI is InChI=1S/C35H63F/c1-2-3-4-5-6-7-8-9-10-11-12-15-18-21-24-29-34-31-26-27-32-35(34)30-25-22-19-16-13-14-17-20-23-28-33-36/h26-27,31-32H,2-25,28-30,33H2,1H3. The lowest BCUT2D eigenvalue weighted by molar-refractivity contribution is 0.449. The van der Waals surface area contributed by atoms with E-state index in [1.54, 1.807) is 11.1 Å². The van der Waals surface area contributed by atoms with E-state index >= 15 is 0 Å². The fourth-order valence-electron chi connectivity index (χ4n) is 5.56. The summed E-state index contributed by atoms with van der Waals surface area (Å²) in [4.78, 5) is 0. The molecular formula is C35H63F.